The third kappa shape index (κ3) is 2.75. The van der Waals surface area contributed by atoms with Crippen LogP contribution in [0.15, 0.2) is 47.4 Å². The summed E-state index contributed by atoms with van der Waals surface area (Å²) >= 11 is 6.07. The third-order valence-corrected chi connectivity index (χ3v) is 6.31. The smallest absolute Gasteiger partial charge is 0.325 e. The van der Waals surface area contributed by atoms with E-state index in [1.54, 1.807) is 24.4 Å². The lowest BCUT2D eigenvalue weighted by atomic mass is 9.82. The van der Waals surface area contributed by atoms with Crippen LogP contribution >= 0.6 is 11.6 Å². The average Bonchev–Trinajstić information content (AvgIpc) is 3.05. The summed E-state index contributed by atoms with van der Waals surface area (Å²) in [4.78, 5) is 29.7. The van der Waals surface area contributed by atoms with Gasteiger partial charge in [0.2, 0.25) is 0 Å². The van der Waals surface area contributed by atoms with Crippen molar-refractivity contribution in [1.29, 1.82) is 0 Å². The number of rotatable bonds is 3. The summed E-state index contributed by atoms with van der Waals surface area (Å²) in [5.74, 6) is -0.419. The molecule has 7 heteroatoms. The number of aromatic amines is 1. The lowest BCUT2D eigenvalue weighted by Gasteiger charge is -2.44. The highest BCUT2D eigenvalue weighted by molar-refractivity contribution is 6.31. The fourth-order valence-electron chi connectivity index (χ4n) is 4.98. The molecule has 1 aromatic carbocycles. The van der Waals surface area contributed by atoms with Crippen molar-refractivity contribution in [2.75, 3.05) is 13.1 Å². The largest absolute Gasteiger partial charge is 0.480 e. The lowest BCUT2D eigenvalue weighted by molar-refractivity contribution is -0.144. The Hall–Kier alpha value is -2.57. The van der Waals surface area contributed by atoms with Crippen LogP contribution < -0.4 is 5.56 Å². The standard InChI is InChI=1S/C21H20ClN3O3/c22-14-4-5-15-16(8-23-17(15)7-14)20(21(27)28)24-9-12-6-13(11-24)18-2-1-3-19(26)25(18)10-12/h1-5,7-8,12-13,20,23H,6,9-11H2,(H,27,28)/t12-,13+,20-/m1/s1. The number of aromatic nitrogens is 2. The molecule has 0 radical (unpaired) electrons. The summed E-state index contributed by atoms with van der Waals surface area (Å²) in [6, 6.07) is 10.1. The second-order valence-electron chi connectivity index (χ2n) is 7.83. The monoisotopic (exact) mass is 397 g/mol. The third-order valence-electron chi connectivity index (χ3n) is 6.08. The zero-order valence-electron chi connectivity index (χ0n) is 15.1. The van der Waals surface area contributed by atoms with Crippen molar-refractivity contribution in [1.82, 2.24) is 14.5 Å². The maximum atomic E-state index is 12.3. The van der Waals surface area contributed by atoms with Crippen molar-refractivity contribution >= 4 is 28.5 Å². The number of likely N-dealkylation sites (tertiary alicyclic amines) is 1. The Kier molecular flexibility index (Phi) is 4.07. The van der Waals surface area contributed by atoms with E-state index in [9.17, 15) is 14.7 Å². The summed E-state index contributed by atoms with van der Waals surface area (Å²) in [7, 11) is 0. The number of aliphatic carboxylic acids is 1. The van der Waals surface area contributed by atoms with Crippen molar-refractivity contribution in [2.45, 2.75) is 24.9 Å². The fourth-order valence-corrected chi connectivity index (χ4v) is 5.15. The van der Waals surface area contributed by atoms with Gasteiger partial charge < -0.3 is 14.7 Å². The molecule has 1 saturated heterocycles. The number of hydrogen-bond acceptors (Lipinski definition) is 3. The molecule has 2 aromatic heterocycles. The number of hydrogen-bond donors (Lipinski definition) is 2. The first kappa shape index (κ1) is 17.5. The van der Waals surface area contributed by atoms with E-state index in [2.05, 4.69) is 9.88 Å². The molecule has 3 aromatic rings. The summed E-state index contributed by atoms with van der Waals surface area (Å²) in [5, 5.41) is 11.6. The summed E-state index contributed by atoms with van der Waals surface area (Å²) in [6.45, 7) is 1.93. The molecule has 0 aliphatic carbocycles. The molecule has 0 amide bonds. The number of H-pyrrole nitrogens is 1. The van der Waals surface area contributed by atoms with Gasteiger partial charge in [-0.15, -0.1) is 0 Å². The maximum absolute atomic E-state index is 12.3. The molecule has 2 N–H and O–H groups in total. The van der Waals surface area contributed by atoms with Crippen molar-refractivity contribution in [3.05, 3.63) is 69.2 Å². The normalized spacial score (nSPS) is 22.8. The van der Waals surface area contributed by atoms with Crippen LogP contribution in [0.1, 0.15) is 29.6 Å². The maximum Gasteiger partial charge on any atom is 0.325 e. The average molecular weight is 398 g/mol. The molecule has 3 atom stereocenters. The highest BCUT2D eigenvalue weighted by Gasteiger charge is 2.40. The number of nitrogens with one attached hydrogen (secondary N) is 1. The zero-order valence-corrected chi connectivity index (χ0v) is 15.9. The number of carbonyl (C=O) groups is 1. The molecule has 4 heterocycles. The number of carboxylic acid groups (broad SMARTS) is 1. The van der Waals surface area contributed by atoms with Crippen LogP contribution in [0.2, 0.25) is 5.02 Å². The Morgan fingerprint density at radius 2 is 2.07 bits per heavy atom. The predicted octanol–water partition coefficient (Wildman–Crippen LogP) is 3.23. The van der Waals surface area contributed by atoms with Gasteiger partial charge in [-0.2, -0.15) is 0 Å². The van der Waals surface area contributed by atoms with Crippen LogP contribution in [0.3, 0.4) is 0 Å². The van der Waals surface area contributed by atoms with E-state index in [4.69, 9.17) is 11.6 Å². The number of fused-ring (bicyclic) bond motifs is 5. The SMILES string of the molecule is O=C(O)[C@@H](c1c[nH]c2cc(Cl)ccc12)N1C[C@H]2C[C@@H](C1)c1cccc(=O)n1C2. The molecule has 0 unspecified atom stereocenters. The van der Waals surface area contributed by atoms with Gasteiger partial charge in [0.1, 0.15) is 6.04 Å². The molecule has 0 saturated carbocycles. The van der Waals surface area contributed by atoms with Gasteiger partial charge in [-0.3, -0.25) is 14.5 Å². The molecule has 144 valence electrons. The van der Waals surface area contributed by atoms with Gasteiger partial charge in [0.25, 0.3) is 5.56 Å². The summed E-state index contributed by atoms with van der Waals surface area (Å²) in [5.41, 5.74) is 2.64. The molecule has 6 nitrogen and oxygen atoms in total. The van der Waals surface area contributed by atoms with E-state index in [1.165, 1.54) is 0 Å². The minimum absolute atomic E-state index is 0.0314. The quantitative estimate of drug-likeness (QED) is 0.711. The van der Waals surface area contributed by atoms with Crippen molar-refractivity contribution in [3.8, 4) is 0 Å². The van der Waals surface area contributed by atoms with Gasteiger partial charge in [-0.1, -0.05) is 23.7 Å². The van der Waals surface area contributed by atoms with E-state index >= 15 is 0 Å². The van der Waals surface area contributed by atoms with Crippen molar-refractivity contribution in [3.63, 3.8) is 0 Å². The van der Waals surface area contributed by atoms with Crippen LogP contribution in [-0.4, -0.2) is 38.6 Å². The van der Waals surface area contributed by atoms with Gasteiger partial charge in [-0.25, -0.2) is 0 Å². The lowest BCUT2D eigenvalue weighted by Crippen LogP contribution is -2.49. The first-order valence-corrected chi connectivity index (χ1v) is 9.82. The summed E-state index contributed by atoms with van der Waals surface area (Å²) in [6.07, 6.45) is 2.78. The van der Waals surface area contributed by atoms with E-state index in [0.717, 1.165) is 28.6 Å². The van der Waals surface area contributed by atoms with Crippen LogP contribution in [-0.2, 0) is 11.3 Å². The predicted molar refractivity (Wildman–Crippen MR) is 107 cm³/mol. The van der Waals surface area contributed by atoms with Crippen LogP contribution in [0.5, 0.6) is 0 Å². The van der Waals surface area contributed by atoms with Gasteiger partial charge >= 0.3 is 5.97 Å². The summed E-state index contributed by atoms with van der Waals surface area (Å²) < 4.78 is 1.86. The first-order chi connectivity index (χ1) is 13.5. The van der Waals surface area contributed by atoms with Crippen molar-refractivity contribution < 1.29 is 9.90 Å². The second kappa shape index (κ2) is 6.50. The van der Waals surface area contributed by atoms with E-state index in [-0.39, 0.29) is 17.4 Å². The van der Waals surface area contributed by atoms with E-state index in [1.807, 2.05) is 22.8 Å². The number of pyridine rings is 1. The van der Waals surface area contributed by atoms with E-state index in [0.29, 0.717) is 24.7 Å². The Bertz CT molecular complexity index is 1140. The molecule has 0 spiro atoms. The highest BCUT2D eigenvalue weighted by Crippen LogP contribution is 2.39. The number of halogens is 1. The molecule has 1 fully saturated rings. The van der Waals surface area contributed by atoms with Gasteiger partial charge in [0.05, 0.1) is 0 Å². The molecule has 2 aliphatic rings. The Labute approximate surface area is 166 Å². The first-order valence-electron chi connectivity index (χ1n) is 9.44. The highest BCUT2D eigenvalue weighted by atomic mass is 35.5. The second-order valence-corrected chi connectivity index (χ2v) is 8.26. The zero-order chi connectivity index (χ0) is 19.4. The molecular formula is C21H20ClN3O3. The molecule has 2 aliphatic heterocycles. The van der Waals surface area contributed by atoms with E-state index < -0.39 is 12.0 Å². The van der Waals surface area contributed by atoms with Crippen LogP contribution in [0.4, 0.5) is 0 Å². The Morgan fingerprint density at radius 1 is 1.21 bits per heavy atom. The molecular weight excluding hydrogens is 378 g/mol. The number of nitrogens with zero attached hydrogens (tertiary/aromatic N) is 2. The number of piperidine rings is 1. The minimum atomic E-state index is -0.860. The molecule has 2 bridgehead atoms. The minimum Gasteiger partial charge on any atom is -0.480 e. The Balaban J connectivity index is 1.54. The van der Waals surface area contributed by atoms with Crippen molar-refractivity contribution in [2.24, 2.45) is 5.92 Å². The molecule has 5 rings (SSSR count). The van der Waals surface area contributed by atoms with Crippen LogP contribution in [0, 0.1) is 5.92 Å². The van der Waals surface area contributed by atoms with Crippen LogP contribution in [0.25, 0.3) is 10.9 Å². The number of carboxylic acids is 1. The fraction of sp³-hybridized carbons (Fsp3) is 0.333. The topological polar surface area (TPSA) is 78.3 Å². The Morgan fingerprint density at radius 3 is 2.89 bits per heavy atom. The molecule has 28 heavy (non-hydrogen) atoms. The number of benzene rings is 1. The van der Waals surface area contributed by atoms with Gasteiger partial charge in [0, 0.05) is 65.0 Å². The van der Waals surface area contributed by atoms with Gasteiger partial charge in [-0.05, 0) is 30.5 Å². The van der Waals surface area contributed by atoms with Gasteiger partial charge in [0.15, 0.2) is 0 Å².